The topological polar surface area (TPSA) is 70.7 Å². The summed E-state index contributed by atoms with van der Waals surface area (Å²) in [5, 5.41) is 5.73. The van der Waals surface area contributed by atoms with E-state index in [0.29, 0.717) is 17.9 Å². The summed E-state index contributed by atoms with van der Waals surface area (Å²) in [6.45, 7) is 0.794. The first-order valence-corrected chi connectivity index (χ1v) is 8.82. The van der Waals surface area contributed by atoms with E-state index in [1.165, 1.54) is 0 Å². The molecule has 2 aliphatic heterocycles. The zero-order valence-electron chi connectivity index (χ0n) is 14.7. The van der Waals surface area contributed by atoms with Crippen molar-refractivity contribution in [1.82, 2.24) is 0 Å². The molecule has 0 saturated heterocycles. The standard InChI is InChI=1S/C20H21N3O3/c1-26-17-6-2-5-15(12-17)21-20(25)22-16-10-13-4-3-9-23-18(24)8-7-14(11-16)19(13)23/h2,5-6,10-12H,3-4,7-9H2,1H3,(H2,21,22,25). The summed E-state index contributed by atoms with van der Waals surface area (Å²) >= 11 is 0. The van der Waals surface area contributed by atoms with E-state index >= 15 is 0 Å². The first-order valence-electron chi connectivity index (χ1n) is 8.82. The molecular weight excluding hydrogens is 330 g/mol. The highest BCUT2D eigenvalue weighted by Gasteiger charge is 2.29. The Morgan fingerprint density at radius 2 is 1.81 bits per heavy atom. The highest BCUT2D eigenvalue weighted by Crippen LogP contribution is 2.37. The Kier molecular flexibility index (Phi) is 4.24. The molecule has 26 heavy (non-hydrogen) atoms. The van der Waals surface area contributed by atoms with Crippen molar-refractivity contribution >= 4 is 29.0 Å². The third-order valence-electron chi connectivity index (χ3n) is 4.86. The Balaban J connectivity index is 1.53. The fourth-order valence-corrected chi connectivity index (χ4v) is 3.72. The summed E-state index contributed by atoms with van der Waals surface area (Å²) in [6.07, 6.45) is 3.15. The first kappa shape index (κ1) is 16.4. The van der Waals surface area contributed by atoms with E-state index in [0.717, 1.165) is 48.3 Å². The molecule has 0 spiro atoms. The predicted molar refractivity (Wildman–Crippen MR) is 101 cm³/mol. The zero-order valence-corrected chi connectivity index (χ0v) is 14.7. The van der Waals surface area contributed by atoms with Gasteiger partial charge in [-0.15, -0.1) is 0 Å². The SMILES string of the molecule is COc1cccc(NC(=O)Nc2cc3c4c(c2)CCC(=O)N4CCC3)c1. The first-order chi connectivity index (χ1) is 12.6. The monoisotopic (exact) mass is 351 g/mol. The number of hydrogen-bond acceptors (Lipinski definition) is 3. The van der Waals surface area contributed by atoms with Crippen molar-refractivity contribution in [1.29, 1.82) is 0 Å². The Hall–Kier alpha value is -3.02. The molecule has 4 rings (SSSR count). The van der Waals surface area contributed by atoms with Gasteiger partial charge in [0.05, 0.1) is 12.8 Å². The molecule has 6 nitrogen and oxygen atoms in total. The lowest BCUT2D eigenvalue weighted by molar-refractivity contribution is -0.119. The minimum Gasteiger partial charge on any atom is -0.497 e. The number of rotatable bonds is 3. The van der Waals surface area contributed by atoms with Crippen molar-refractivity contribution in [2.24, 2.45) is 0 Å². The predicted octanol–water partition coefficient (Wildman–Crippen LogP) is 3.56. The molecule has 2 N–H and O–H groups in total. The van der Waals surface area contributed by atoms with Gasteiger partial charge in [0.2, 0.25) is 5.91 Å². The Morgan fingerprint density at radius 3 is 2.62 bits per heavy atom. The lowest BCUT2D eigenvalue weighted by Crippen LogP contribution is -2.39. The maximum Gasteiger partial charge on any atom is 0.323 e. The summed E-state index contributed by atoms with van der Waals surface area (Å²) in [6, 6.07) is 10.9. The second-order valence-electron chi connectivity index (χ2n) is 6.60. The number of nitrogens with zero attached hydrogens (tertiary/aromatic N) is 1. The van der Waals surface area contributed by atoms with Gasteiger partial charge in [-0.05, 0) is 54.7 Å². The lowest BCUT2D eigenvalue weighted by Gasteiger charge is -2.35. The minimum absolute atomic E-state index is 0.204. The van der Waals surface area contributed by atoms with Crippen LogP contribution in [-0.2, 0) is 17.6 Å². The zero-order chi connectivity index (χ0) is 18.1. The molecule has 0 radical (unpaired) electrons. The van der Waals surface area contributed by atoms with Gasteiger partial charge in [0.1, 0.15) is 5.75 Å². The van der Waals surface area contributed by atoms with Crippen LogP contribution < -0.4 is 20.3 Å². The number of hydrogen-bond donors (Lipinski definition) is 2. The van der Waals surface area contributed by atoms with Gasteiger partial charge in [-0.25, -0.2) is 4.79 Å². The molecule has 0 bridgehead atoms. The van der Waals surface area contributed by atoms with Gasteiger partial charge >= 0.3 is 6.03 Å². The highest BCUT2D eigenvalue weighted by atomic mass is 16.5. The molecule has 0 fully saturated rings. The van der Waals surface area contributed by atoms with Gasteiger partial charge < -0.3 is 20.3 Å². The molecule has 0 atom stereocenters. The maximum absolute atomic E-state index is 12.4. The van der Waals surface area contributed by atoms with Gasteiger partial charge in [-0.2, -0.15) is 0 Å². The van der Waals surface area contributed by atoms with E-state index in [1.54, 1.807) is 13.2 Å². The second kappa shape index (κ2) is 6.71. The number of amides is 3. The number of carbonyl (C=O) groups is 2. The minimum atomic E-state index is -0.301. The van der Waals surface area contributed by atoms with Gasteiger partial charge in [0, 0.05) is 30.4 Å². The van der Waals surface area contributed by atoms with Crippen molar-refractivity contribution in [3.8, 4) is 5.75 Å². The summed E-state index contributed by atoms with van der Waals surface area (Å²) in [7, 11) is 1.59. The molecule has 0 saturated carbocycles. The summed E-state index contributed by atoms with van der Waals surface area (Å²) in [5.74, 6) is 0.890. The third-order valence-corrected chi connectivity index (χ3v) is 4.86. The Morgan fingerprint density at radius 1 is 1.04 bits per heavy atom. The molecule has 2 aromatic rings. The van der Waals surface area contributed by atoms with Gasteiger partial charge in [-0.1, -0.05) is 6.07 Å². The fourth-order valence-electron chi connectivity index (χ4n) is 3.72. The summed E-state index contributed by atoms with van der Waals surface area (Å²) in [4.78, 5) is 26.4. The van der Waals surface area contributed by atoms with Crippen molar-refractivity contribution < 1.29 is 14.3 Å². The second-order valence-corrected chi connectivity index (χ2v) is 6.60. The quantitative estimate of drug-likeness (QED) is 0.888. The van der Waals surface area contributed by atoms with Crippen LogP contribution in [0.1, 0.15) is 24.0 Å². The number of benzene rings is 2. The van der Waals surface area contributed by atoms with Crippen molar-refractivity contribution in [3.05, 3.63) is 47.5 Å². The maximum atomic E-state index is 12.4. The van der Waals surface area contributed by atoms with Crippen LogP contribution in [0.5, 0.6) is 5.75 Å². The van der Waals surface area contributed by atoms with E-state index in [-0.39, 0.29) is 11.9 Å². The number of nitrogens with one attached hydrogen (secondary N) is 2. The molecule has 2 heterocycles. The highest BCUT2D eigenvalue weighted by molar-refractivity contribution is 6.02. The van der Waals surface area contributed by atoms with Gasteiger partial charge in [0.25, 0.3) is 0 Å². The van der Waals surface area contributed by atoms with Crippen molar-refractivity contribution in [2.45, 2.75) is 25.7 Å². The number of urea groups is 1. The van der Waals surface area contributed by atoms with Crippen LogP contribution in [0.25, 0.3) is 0 Å². The number of methoxy groups -OCH3 is 1. The van der Waals surface area contributed by atoms with E-state index in [4.69, 9.17) is 4.74 Å². The lowest BCUT2D eigenvalue weighted by atomic mass is 9.91. The number of anilines is 3. The summed E-state index contributed by atoms with van der Waals surface area (Å²) < 4.78 is 5.17. The van der Waals surface area contributed by atoms with Crippen LogP contribution >= 0.6 is 0 Å². The van der Waals surface area contributed by atoms with Crippen LogP contribution in [0.15, 0.2) is 36.4 Å². The Labute approximate surface area is 152 Å². The van der Waals surface area contributed by atoms with Crippen molar-refractivity contribution in [3.63, 3.8) is 0 Å². The largest absolute Gasteiger partial charge is 0.497 e. The number of ether oxygens (including phenoxy) is 1. The molecule has 3 amide bonds. The van der Waals surface area contributed by atoms with Crippen LogP contribution in [0.4, 0.5) is 21.9 Å². The van der Waals surface area contributed by atoms with E-state index in [9.17, 15) is 9.59 Å². The van der Waals surface area contributed by atoms with E-state index in [2.05, 4.69) is 10.6 Å². The molecular formula is C20H21N3O3. The van der Waals surface area contributed by atoms with Crippen LogP contribution in [0.2, 0.25) is 0 Å². The Bertz CT molecular complexity index is 861. The normalized spacial score (nSPS) is 15.3. The molecule has 134 valence electrons. The summed E-state index contributed by atoms with van der Waals surface area (Å²) in [5.41, 5.74) is 4.76. The number of aryl methyl sites for hydroxylation is 2. The smallest absolute Gasteiger partial charge is 0.323 e. The molecule has 2 aromatic carbocycles. The average molecular weight is 351 g/mol. The van der Waals surface area contributed by atoms with Crippen LogP contribution in [0, 0.1) is 0 Å². The molecule has 6 heteroatoms. The van der Waals surface area contributed by atoms with E-state index < -0.39 is 0 Å². The van der Waals surface area contributed by atoms with Crippen LogP contribution in [-0.4, -0.2) is 25.6 Å². The fraction of sp³-hybridized carbons (Fsp3) is 0.300. The van der Waals surface area contributed by atoms with Gasteiger partial charge in [0.15, 0.2) is 0 Å². The number of carbonyl (C=O) groups excluding carboxylic acids is 2. The van der Waals surface area contributed by atoms with E-state index in [1.807, 2.05) is 35.2 Å². The molecule has 0 aromatic heterocycles. The third kappa shape index (κ3) is 3.10. The molecule has 2 aliphatic rings. The average Bonchev–Trinajstić information content (AvgIpc) is 2.64. The molecule has 0 unspecified atom stereocenters. The molecule has 0 aliphatic carbocycles. The van der Waals surface area contributed by atoms with Crippen LogP contribution in [0.3, 0.4) is 0 Å². The van der Waals surface area contributed by atoms with Gasteiger partial charge in [-0.3, -0.25) is 4.79 Å². The van der Waals surface area contributed by atoms with Crippen molar-refractivity contribution in [2.75, 3.05) is 29.2 Å².